The molecule has 7 heteroatoms. The first kappa shape index (κ1) is 14.2. The van der Waals surface area contributed by atoms with Crippen molar-refractivity contribution in [1.82, 2.24) is 0 Å². The molecular formula is C10H11Cl2FN2O2. The van der Waals surface area contributed by atoms with Crippen LogP contribution in [0.1, 0.15) is 0 Å². The summed E-state index contributed by atoms with van der Waals surface area (Å²) in [5, 5.41) is 2.16. The van der Waals surface area contributed by atoms with Crippen LogP contribution in [0.2, 0.25) is 10.0 Å². The smallest absolute Gasteiger partial charge is 0.250 e. The number of hydrogen-bond acceptors (Lipinski definition) is 3. The van der Waals surface area contributed by atoms with Gasteiger partial charge in [-0.1, -0.05) is 23.2 Å². The van der Waals surface area contributed by atoms with Crippen LogP contribution in [0.25, 0.3) is 0 Å². The van der Waals surface area contributed by atoms with Gasteiger partial charge in [0.25, 0.3) is 0 Å². The molecular weight excluding hydrogens is 270 g/mol. The molecule has 1 rings (SSSR count). The minimum Gasteiger partial charge on any atom is -0.370 e. The zero-order valence-electron chi connectivity index (χ0n) is 8.80. The van der Waals surface area contributed by atoms with Gasteiger partial charge in [0.05, 0.1) is 16.7 Å². The summed E-state index contributed by atoms with van der Waals surface area (Å²) >= 11 is 11.1. The molecule has 3 N–H and O–H groups in total. The summed E-state index contributed by atoms with van der Waals surface area (Å²) in [6.45, 7) is 0.490. The van der Waals surface area contributed by atoms with Gasteiger partial charge in [-0.05, 0) is 12.1 Å². The molecule has 0 atom stereocenters. The highest BCUT2D eigenvalue weighted by Gasteiger charge is 2.09. The van der Waals surface area contributed by atoms with Gasteiger partial charge in [0, 0.05) is 12.2 Å². The highest BCUT2D eigenvalue weighted by molar-refractivity contribution is 6.35. The molecule has 0 fully saturated rings. The predicted molar refractivity (Wildman–Crippen MR) is 64.9 cm³/mol. The van der Waals surface area contributed by atoms with Crippen LogP contribution in [0.15, 0.2) is 12.1 Å². The number of carbonyl (C=O) groups is 1. The van der Waals surface area contributed by atoms with Gasteiger partial charge in [0.2, 0.25) is 5.91 Å². The van der Waals surface area contributed by atoms with Crippen molar-refractivity contribution in [2.24, 2.45) is 5.73 Å². The first-order valence-electron chi connectivity index (χ1n) is 4.76. The molecule has 0 saturated carbocycles. The Morgan fingerprint density at radius 3 is 2.53 bits per heavy atom. The van der Waals surface area contributed by atoms with Crippen LogP contribution in [-0.4, -0.2) is 25.7 Å². The molecule has 0 heterocycles. The Bertz CT molecular complexity index is 392. The van der Waals surface area contributed by atoms with Crippen molar-refractivity contribution in [3.8, 4) is 0 Å². The van der Waals surface area contributed by atoms with Crippen LogP contribution >= 0.6 is 23.2 Å². The van der Waals surface area contributed by atoms with Gasteiger partial charge < -0.3 is 15.8 Å². The molecule has 0 unspecified atom stereocenters. The monoisotopic (exact) mass is 280 g/mol. The number of nitrogens with one attached hydrogen (secondary N) is 1. The van der Waals surface area contributed by atoms with E-state index in [9.17, 15) is 9.18 Å². The van der Waals surface area contributed by atoms with Gasteiger partial charge in [-0.15, -0.1) is 0 Å². The Morgan fingerprint density at radius 2 is 2.00 bits per heavy atom. The molecule has 17 heavy (non-hydrogen) atoms. The van der Waals surface area contributed by atoms with Crippen molar-refractivity contribution in [2.75, 3.05) is 25.1 Å². The third-order valence-electron chi connectivity index (χ3n) is 1.76. The number of rotatable bonds is 5. The normalized spacial score (nSPS) is 10.4. The van der Waals surface area contributed by atoms with Crippen LogP contribution < -0.4 is 11.1 Å². The minimum absolute atomic E-state index is 0.135. The number of halogens is 3. The predicted octanol–water partition coefficient (Wildman–Crippen LogP) is 2.05. The Morgan fingerprint density at radius 1 is 1.41 bits per heavy atom. The van der Waals surface area contributed by atoms with E-state index in [0.29, 0.717) is 18.8 Å². The second kappa shape index (κ2) is 6.76. The molecule has 94 valence electrons. The number of benzene rings is 1. The SMILES string of the molecule is NCCOCC(=O)Nc1cc(Cl)c(F)c(Cl)c1. The van der Waals surface area contributed by atoms with Crippen LogP contribution in [0, 0.1) is 5.82 Å². The number of carbonyl (C=O) groups excluding carboxylic acids is 1. The number of ether oxygens (including phenoxy) is 1. The molecule has 1 amide bonds. The summed E-state index contributed by atoms with van der Waals surface area (Å²) in [6.07, 6.45) is 0. The number of nitrogens with two attached hydrogens (primary N) is 1. The number of amides is 1. The zero-order valence-corrected chi connectivity index (χ0v) is 10.3. The fourth-order valence-corrected chi connectivity index (χ4v) is 1.56. The van der Waals surface area contributed by atoms with Gasteiger partial charge in [0.1, 0.15) is 6.61 Å². The third kappa shape index (κ3) is 4.47. The van der Waals surface area contributed by atoms with E-state index in [1.807, 2.05) is 0 Å². The molecule has 0 aliphatic heterocycles. The molecule has 0 spiro atoms. The van der Waals surface area contributed by atoms with Gasteiger partial charge in [-0.3, -0.25) is 4.79 Å². The molecule has 0 bridgehead atoms. The quantitative estimate of drug-likeness (QED) is 0.641. The van der Waals surface area contributed by atoms with Gasteiger partial charge in [0.15, 0.2) is 5.82 Å². The molecule has 0 saturated heterocycles. The molecule has 0 aliphatic carbocycles. The average Bonchev–Trinajstić information content (AvgIpc) is 2.26. The Hall–Kier alpha value is -0.880. The molecule has 1 aromatic carbocycles. The minimum atomic E-state index is -0.717. The van der Waals surface area contributed by atoms with E-state index >= 15 is 0 Å². The highest BCUT2D eigenvalue weighted by Crippen LogP contribution is 2.27. The Kier molecular flexibility index (Phi) is 5.64. The van der Waals surface area contributed by atoms with E-state index in [2.05, 4.69) is 5.32 Å². The summed E-state index contributed by atoms with van der Waals surface area (Å²) < 4.78 is 18.0. The van der Waals surface area contributed by atoms with E-state index in [1.165, 1.54) is 12.1 Å². The number of hydrogen-bond donors (Lipinski definition) is 2. The lowest BCUT2D eigenvalue weighted by atomic mass is 10.3. The second-order valence-corrected chi connectivity index (χ2v) is 3.96. The van der Waals surface area contributed by atoms with E-state index in [4.69, 9.17) is 33.7 Å². The highest BCUT2D eigenvalue weighted by atomic mass is 35.5. The lowest BCUT2D eigenvalue weighted by Gasteiger charge is -2.07. The first-order valence-corrected chi connectivity index (χ1v) is 5.52. The fourth-order valence-electron chi connectivity index (χ4n) is 1.07. The third-order valence-corrected chi connectivity index (χ3v) is 2.31. The average molecular weight is 281 g/mol. The van der Waals surface area contributed by atoms with E-state index in [-0.39, 0.29) is 16.7 Å². The summed E-state index contributed by atoms with van der Waals surface area (Å²) in [7, 11) is 0. The van der Waals surface area contributed by atoms with Crippen molar-refractivity contribution >= 4 is 34.8 Å². The molecule has 0 aromatic heterocycles. The molecule has 1 aromatic rings. The van der Waals surface area contributed by atoms with E-state index in [1.54, 1.807) is 0 Å². The van der Waals surface area contributed by atoms with E-state index < -0.39 is 11.7 Å². The van der Waals surface area contributed by atoms with Crippen LogP contribution in [0.3, 0.4) is 0 Å². The number of anilines is 1. The summed E-state index contributed by atoms with van der Waals surface area (Å²) in [5.74, 6) is -1.11. The van der Waals surface area contributed by atoms with Crippen molar-refractivity contribution in [1.29, 1.82) is 0 Å². The standard InChI is InChI=1S/C10H11Cl2FN2O2/c11-7-3-6(4-8(12)10(7)13)15-9(16)5-17-2-1-14/h3-4H,1-2,5,14H2,(H,15,16). The topological polar surface area (TPSA) is 64.3 Å². The van der Waals surface area contributed by atoms with Crippen molar-refractivity contribution in [3.05, 3.63) is 28.0 Å². The molecule has 0 aliphatic rings. The van der Waals surface area contributed by atoms with E-state index in [0.717, 1.165) is 0 Å². The van der Waals surface area contributed by atoms with Crippen molar-refractivity contribution in [3.63, 3.8) is 0 Å². The van der Waals surface area contributed by atoms with Gasteiger partial charge >= 0.3 is 0 Å². The zero-order chi connectivity index (χ0) is 12.8. The van der Waals surface area contributed by atoms with Crippen LogP contribution in [0.5, 0.6) is 0 Å². The molecule has 4 nitrogen and oxygen atoms in total. The largest absolute Gasteiger partial charge is 0.370 e. The maximum absolute atomic E-state index is 13.1. The van der Waals surface area contributed by atoms with Crippen LogP contribution in [-0.2, 0) is 9.53 Å². The Labute approximate surface area is 108 Å². The van der Waals surface area contributed by atoms with Crippen LogP contribution in [0.4, 0.5) is 10.1 Å². The summed E-state index contributed by atoms with van der Waals surface area (Å²) in [5.41, 5.74) is 5.50. The van der Waals surface area contributed by atoms with Gasteiger partial charge in [-0.2, -0.15) is 0 Å². The Balaban J connectivity index is 2.60. The second-order valence-electron chi connectivity index (χ2n) is 3.14. The lowest BCUT2D eigenvalue weighted by Crippen LogP contribution is -2.20. The lowest BCUT2D eigenvalue weighted by molar-refractivity contribution is -0.120. The maximum Gasteiger partial charge on any atom is 0.250 e. The fraction of sp³-hybridized carbons (Fsp3) is 0.300. The molecule has 0 radical (unpaired) electrons. The summed E-state index contributed by atoms with van der Waals surface area (Å²) in [6, 6.07) is 2.53. The van der Waals surface area contributed by atoms with Crippen molar-refractivity contribution < 1.29 is 13.9 Å². The van der Waals surface area contributed by atoms with Crippen molar-refractivity contribution in [2.45, 2.75) is 0 Å². The maximum atomic E-state index is 13.1. The van der Waals surface area contributed by atoms with Gasteiger partial charge in [-0.25, -0.2) is 4.39 Å². The first-order chi connectivity index (χ1) is 8.04. The summed E-state index contributed by atoms with van der Waals surface area (Å²) in [4.78, 5) is 11.3.